The molecule has 4 nitrogen and oxygen atoms in total. The maximum Gasteiger partial charge on any atom is 0.139 e. The van der Waals surface area contributed by atoms with E-state index in [-0.39, 0.29) is 0 Å². The van der Waals surface area contributed by atoms with Crippen molar-refractivity contribution in [3.8, 4) is 0 Å². The highest BCUT2D eigenvalue weighted by Crippen LogP contribution is 2.19. The van der Waals surface area contributed by atoms with E-state index in [0.717, 1.165) is 42.9 Å². The minimum Gasteiger partial charge on any atom is -0.366 e. The van der Waals surface area contributed by atoms with E-state index in [1.807, 2.05) is 12.3 Å². The van der Waals surface area contributed by atoms with Crippen LogP contribution in [0, 0.1) is 0 Å². The highest BCUT2D eigenvalue weighted by Gasteiger charge is 2.17. The van der Waals surface area contributed by atoms with Gasteiger partial charge in [-0.05, 0) is 42.7 Å². The van der Waals surface area contributed by atoms with Crippen LogP contribution < -0.4 is 5.32 Å². The molecule has 2 aromatic heterocycles. The van der Waals surface area contributed by atoms with E-state index in [0.29, 0.717) is 6.04 Å². The molecular formula is C19H22N4. The first-order valence-corrected chi connectivity index (χ1v) is 8.28. The first kappa shape index (κ1) is 14.3. The summed E-state index contributed by atoms with van der Waals surface area (Å²) >= 11 is 0. The Morgan fingerprint density at radius 3 is 2.96 bits per heavy atom. The van der Waals surface area contributed by atoms with Crippen LogP contribution in [-0.4, -0.2) is 34.0 Å². The lowest BCUT2D eigenvalue weighted by Crippen LogP contribution is -2.38. The molecule has 0 fully saturated rings. The van der Waals surface area contributed by atoms with Gasteiger partial charge in [0.25, 0.3) is 0 Å². The van der Waals surface area contributed by atoms with Crippen LogP contribution in [0.4, 0.5) is 5.82 Å². The van der Waals surface area contributed by atoms with Gasteiger partial charge in [-0.15, -0.1) is 0 Å². The van der Waals surface area contributed by atoms with Crippen molar-refractivity contribution in [3.05, 3.63) is 59.8 Å². The molecule has 1 atom stereocenters. The number of aromatic amines is 1. The van der Waals surface area contributed by atoms with Gasteiger partial charge >= 0.3 is 0 Å². The molecule has 4 heteroatoms. The van der Waals surface area contributed by atoms with E-state index in [1.165, 1.54) is 11.1 Å². The molecular weight excluding hydrogens is 284 g/mol. The van der Waals surface area contributed by atoms with Gasteiger partial charge in [-0.2, -0.15) is 0 Å². The van der Waals surface area contributed by atoms with Crippen LogP contribution in [0.3, 0.4) is 0 Å². The zero-order chi connectivity index (χ0) is 15.6. The third kappa shape index (κ3) is 3.08. The number of fused-ring (bicyclic) bond motifs is 2. The fourth-order valence-electron chi connectivity index (χ4n) is 3.41. The van der Waals surface area contributed by atoms with Gasteiger partial charge in [-0.3, -0.25) is 4.90 Å². The first-order valence-electron chi connectivity index (χ1n) is 8.28. The summed E-state index contributed by atoms with van der Waals surface area (Å²) in [6.07, 6.45) is 3.08. The summed E-state index contributed by atoms with van der Waals surface area (Å²) < 4.78 is 0. The highest BCUT2D eigenvalue weighted by atomic mass is 15.2. The van der Waals surface area contributed by atoms with Gasteiger partial charge in [0.15, 0.2) is 0 Å². The van der Waals surface area contributed by atoms with Crippen LogP contribution in [-0.2, 0) is 13.0 Å². The van der Waals surface area contributed by atoms with Crippen molar-refractivity contribution in [2.45, 2.75) is 25.9 Å². The van der Waals surface area contributed by atoms with Crippen molar-refractivity contribution in [2.24, 2.45) is 0 Å². The van der Waals surface area contributed by atoms with Crippen LogP contribution in [0.2, 0.25) is 0 Å². The zero-order valence-corrected chi connectivity index (χ0v) is 13.4. The number of hydrogen-bond donors (Lipinski definition) is 2. The largest absolute Gasteiger partial charge is 0.366 e. The van der Waals surface area contributed by atoms with Gasteiger partial charge in [0.2, 0.25) is 0 Å². The number of aromatic nitrogens is 2. The fraction of sp³-hybridized carbons (Fsp3) is 0.316. The molecule has 1 aromatic carbocycles. The lowest BCUT2D eigenvalue weighted by molar-refractivity contribution is 0.247. The van der Waals surface area contributed by atoms with Crippen LogP contribution in [0.1, 0.15) is 18.1 Å². The molecule has 0 radical (unpaired) electrons. The number of nitrogens with zero attached hydrogens (tertiary/aromatic N) is 2. The normalized spacial score (nSPS) is 16.2. The molecule has 0 bridgehead atoms. The van der Waals surface area contributed by atoms with Gasteiger partial charge < -0.3 is 10.3 Å². The maximum atomic E-state index is 4.62. The number of rotatable bonds is 4. The predicted octanol–water partition coefficient (Wildman–Crippen LogP) is 3.42. The maximum absolute atomic E-state index is 4.62. The molecule has 0 saturated carbocycles. The fourth-order valence-corrected chi connectivity index (χ4v) is 3.41. The second-order valence-electron chi connectivity index (χ2n) is 6.41. The number of nitrogens with one attached hydrogen (secondary N) is 2. The minimum atomic E-state index is 0.361. The summed E-state index contributed by atoms with van der Waals surface area (Å²) in [6, 6.07) is 15.3. The quantitative estimate of drug-likeness (QED) is 0.776. The zero-order valence-electron chi connectivity index (χ0n) is 13.4. The standard InChI is InChI=1S/C19H22N4/c1-14(21-18-7-6-16-8-10-20-19(16)22-18)12-23-11-9-15-4-2-3-5-17(15)13-23/h2-8,10,14H,9,11-13H2,1H3,(H2,20,21,22)/t14-/m0/s1. The SMILES string of the molecule is C[C@@H](CN1CCc2ccccc2C1)Nc1ccc2cc[nH]c2n1. The van der Waals surface area contributed by atoms with Crippen molar-refractivity contribution in [2.75, 3.05) is 18.4 Å². The second kappa shape index (κ2) is 6.05. The van der Waals surface area contributed by atoms with E-state index in [2.05, 4.69) is 63.5 Å². The average Bonchev–Trinajstić information content (AvgIpc) is 3.02. The number of H-pyrrole nitrogens is 1. The third-order valence-corrected chi connectivity index (χ3v) is 4.55. The Morgan fingerprint density at radius 1 is 1.17 bits per heavy atom. The molecule has 0 unspecified atom stereocenters. The van der Waals surface area contributed by atoms with Gasteiger partial charge in [-0.1, -0.05) is 24.3 Å². The Labute approximate surface area is 136 Å². The molecule has 0 spiro atoms. The second-order valence-corrected chi connectivity index (χ2v) is 6.41. The summed E-state index contributed by atoms with van der Waals surface area (Å²) in [6.45, 7) is 5.43. The van der Waals surface area contributed by atoms with Crippen molar-refractivity contribution in [3.63, 3.8) is 0 Å². The van der Waals surface area contributed by atoms with Crippen LogP contribution in [0.5, 0.6) is 0 Å². The topological polar surface area (TPSA) is 44.0 Å². The summed E-state index contributed by atoms with van der Waals surface area (Å²) in [7, 11) is 0. The van der Waals surface area contributed by atoms with E-state index in [4.69, 9.17) is 0 Å². The monoisotopic (exact) mass is 306 g/mol. The summed E-state index contributed by atoms with van der Waals surface area (Å²) in [5.41, 5.74) is 3.91. The number of hydrogen-bond acceptors (Lipinski definition) is 3. The molecule has 23 heavy (non-hydrogen) atoms. The molecule has 3 heterocycles. The number of benzene rings is 1. The molecule has 3 aromatic rings. The van der Waals surface area contributed by atoms with E-state index in [9.17, 15) is 0 Å². The minimum absolute atomic E-state index is 0.361. The smallest absolute Gasteiger partial charge is 0.139 e. The Bertz CT molecular complexity index is 808. The van der Waals surface area contributed by atoms with E-state index in [1.54, 1.807) is 0 Å². The predicted molar refractivity (Wildman–Crippen MR) is 94.6 cm³/mol. The molecule has 1 aliphatic heterocycles. The van der Waals surface area contributed by atoms with Crippen LogP contribution >= 0.6 is 0 Å². The Balaban J connectivity index is 1.39. The average molecular weight is 306 g/mol. The molecule has 0 amide bonds. The lowest BCUT2D eigenvalue weighted by Gasteiger charge is -2.31. The van der Waals surface area contributed by atoms with E-state index >= 15 is 0 Å². The number of anilines is 1. The first-order chi connectivity index (χ1) is 11.3. The Hall–Kier alpha value is -2.33. The lowest BCUT2D eigenvalue weighted by atomic mass is 10.00. The summed E-state index contributed by atoms with van der Waals surface area (Å²) in [5.74, 6) is 0.935. The number of pyridine rings is 1. The molecule has 0 aliphatic carbocycles. The molecule has 1 aliphatic rings. The summed E-state index contributed by atoms with van der Waals surface area (Å²) in [4.78, 5) is 10.3. The van der Waals surface area contributed by atoms with Gasteiger partial charge in [0.05, 0.1) is 0 Å². The van der Waals surface area contributed by atoms with Crippen molar-refractivity contribution >= 4 is 16.9 Å². The van der Waals surface area contributed by atoms with Gasteiger partial charge in [0, 0.05) is 37.3 Å². The van der Waals surface area contributed by atoms with E-state index < -0.39 is 0 Å². The van der Waals surface area contributed by atoms with Crippen molar-refractivity contribution < 1.29 is 0 Å². The summed E-state index contributed by atoms with van der Waals surface area (Å²) in [5, 5.41) is 4.67. The molecule has 4 rings (SSSR count). The van der Waals surface area contributed by atoms with Crippen LogP contribution in [0.15, 0.2) is 48.7 Å². The Kier molecular flexibility index (Phi) is 3.75. The van der Waals surface area contributed by atoms with Crippen molar-refractivity contribution in [1.82, 2.24) is 14.9 Å². The highest BCUT2D eigenvalue weighted by molar-refractivity contribution is 5.77. The molecule has 2 N–H and O–H groups in total. The molecule has 0 saturated heterocycles. The van der Waals surface area contributed by atoms with Crippen LogP contribution in [0.25, 0.3) is 11.0 Å². The van der Waals surface area contributed by atoms with Gasteiger partial charge in [-0.25, -0.2) is 4.98 Å². The van der Waals surface area contributed by atoms with Crippen molar-refractivity contribution in [1.29, 1.82) is 0 Å². The Morgan fingerprint density at radius 2 is 2.04 bits per heavy atom. The van der Waals surface area contributed by atoms with Gasteiger partial charge in [0.1, 0.15) is 11.5 Å². The third-order valence-electron chi connectivity index (χ3n) is 4.55. The molecule has 118 valence electrons.